The van der Waals surface area contributed by atoms with Crippen LogP contribution in [0.5, 0.6) is 0 Å². The summed E-state index contributed by atoms with van der Waals surface area (Å²) in [4.78, 5) is 17.1. The van der Waals surface area contributed by atoms with Crippen molar-refractivity contribution in [1.82, 2.24) is 9.80 Å². The highest BCUT2D eigenvalue weighted by molar-refractivity contribution is 5.76. The normalized spacial score (nSPS) is 31.7. The van der Waals surface area contributed by atoms with Crippen LogP contribution in [-0.4, -0.2) is 60.6 Å². The van der Waals surface area contributed by atoms with Crippen LogP contribution in [0.3, 0.4) is 0 Å². The molecule has 1 aromatic carbocycles. The Balaban J connectivity index is 1.14. The zero-order chi connectivity index (χ0) is 19.5. The summed E-state index contributed by atoms with van der Waals surface area (Å²) in [6.07, 6.45) is 6.36. The standard InChI is InChI=1S/C24H36N2O2/c1-18-16-26(17-19(2)28-18)24(27)10-13-25-11-8-20(9-12-25)14-22-15-23(22)21-6-4-3-5-7-21/h3-7,18-20,22-23H,8-17H2,1-2H3/t18-,19+,22-,23+/m1/s1. The van der Waals surface area contributed by atoms with Gasteiger partial charge in [0.1, 0.15) is 0 Å². The monoisotopic (exact) mass is 384 g/mol. The molecular formula is C24H36N2O2. The van der Waals surface area contributed by atoms with Crippen LogP contribution in [0.1, 0.15) is 57.4 Å². The molecule has 154 valence electrons. The predicted octanol–water partition coefficient (Wildman–Crippen LogP) is 3.92. The zero-order valence-corrected chi connectivity index (χ0v) is 17.6. The van der Waals surface area contributed by atoms with Crippen LogP contribution in [0.25, 0.3) is 0 Å². The third-order valence-corrected chi connectivity index (χ3v) is 6.91. The molecule has 1 aromatic rings. The van der Waals surface area contributed by atoms with Crippen LogP contribution in [-0.2, 0) is 9.53 Å². The van der Waals surface area contributed by atoms with E-state index in [2.05, 4.69) is 49.1 Å². The van der Waals surface area contributed by atoms with Gasteiger partial charge in [-0.15, -0.1) is 0 Å². The summed E-state index contributed by atoms with van der Waals surface area (Å²) in [5.74, 6) is 2.90. The van der Waals surface area contributed by atoms with Gasteiger partial charge >= 0.3 is 0 Å². The van der Waals surface area contributed by atoms with Gasteiger partial charge < -0.3 is 14.5 Å². The second kappa shape index (κ2) is 8.96. The summed E-state index contributed by atoms with van der Waals surface area (Å²) in [7, 11) is 0. The molecule has 28 heavy (non-hydrogen) atoms. The largest absolute Gasteiger partial charge is 0.372 e. The average Bonchev–Trinajstić information content (AvgIpc) is 3.46. The van der Waals surface area contributed by atoms with Gasteiger partial charge in [-0.3, -0.25) is 4.79 Å². The summed E-state index contributed by atoms with van der Waals surface area (Å²) in [6.45, 7) is 8.85. The van der Waals surface area contributed by atoms with E-state index < -0.39 is 0 Å². The van der Waals surface area contributed by atoms with Gasteiger partial charge in [-0.1, -0.05) is 30.3 Å². The van der Waals surface area contributed by atoms with E-state index in [1.165, 1.54) is 31.2 Å². The second-order valence-corrected chi connectivity index (χ2v) is 9.34. The molecule has 4 atom stereocenters. The van der Waals surface area contributed by atoms with Crippen molar-refractivity contribution in [2.24, 2.45) is 11.8 Å². The lowest BCUT2D eigenvalue weighted by atomic mass is 9.90. The average molecular weight is 385 g/mol. The molecule has 4 rings (SSSR count). The Morgan fingerprint density at radius 3 is 2.43 bits per heavy atom. The molecule has 3 fully saturated rings. The van der Waals surface area contributed by atoms with E-state index in [0.29, 0.717) is 12.3 Å². The van der Waals surface area contributed by atoms with Crippen LogP contribution >= 0.6 is 0 Å². The maximum absolute atomic E-state index is 12.6. The number of nitrogens with zero attached hydrogens (tertiary/aromatic N) is 2. The van der Waals surface area contributed by atoms with Crippen LogP contribution in [0.4, 0.5) is 0 Å². The molecule has 1 aliphatic carbocycles. The Bertz CT molecular complexity index is 631. The van der Waals surface area contributed by atoms with Gasteiger partial charge in [0.05, 0.1) is 12.2 Å². The van der Waals surface area contributed by atoms with Crippen molar-refractivity contribution in [1.29, 1.82) is 0 Å². The highest BCUT2D eigenvalue weighted by Crippen LogP contribution is 2.51. The van der Waals surface area contributed by atoms with Crippen molar-refractivity contribution >= 4 is 5.91 Å². The summed E-state index contributed by atoms with van der Waals surface area (Å²) >= 11 is 0. The van der Waals surface area contributed by atoms with E-state index in [1.54, 1.807) is 0 Å². The number of ether oxygens (including phenoxy) is 1. The number of hydrogen-bond donors (Lipinski definition) is 0. The smallest absolute Gasteiger partial charge is 0.224 e. The summed E-state index contributed by atoms with van der Waals surface area (Å²) in [5, 5.41) is 0. The van der Waals surface area contributed by atoms with Crippen LogP contribution in [0.15, 0.2) is 30.3 Å². The fourth-order valence-electron chi connectivity index (χ4n) is 5.28. The van der Waals surface area contributed by atoms with Crippen molar-refractivity contribution < 1.29 is 9.53 Å². The Morgan fingerprint density at radius 1 is 1.07 bits per heavy atom. The minimum Gasteiger partial charge on any atom is -0.372 e. The number of likely N-dealkylation sites (tertiary alicyclic amines) is 1. The third kappa shape index (κ3) is 5.15. The second-order valence-electron chi connectivity index (χ2n) is 9.34. The van der Waals surface area contributed by atoms with E-state index in [-0.39, 0.29) is 12.2 Å². The van der Waals surface area contributed by atoms with E-state index in [9.17, 15) is 4.79 Å². The summed E-state index contributed by atoms with van der Waals surface area (Å²) in [5.41, 5.74) is 1.54. The van der Waals surface area contributed by atoms with Crippen molar-refractivity contribution in [2.45, 2.75) is 64.1 Å². The number of rotatable bonds is 6. The summed E-state index contributed by atoms with van der Waals surface area (Å²) in [6, 6.07) is 11.0. The van der Waals surface area contributed by atoms with Gasteiger partial charge in [0.25, 0.3) is 0 Å². The first-order valence-electron chi connectivity index (χ1n) is 11.3. The van der Waals surface area contributed by atoms with E-state index in [1.807, 2.05) is 4.90 Å². The Morgan fingerprint density at radius 2 is 1.75 bits per heavy atom. The van der Waals surface area contributed by atoms with Gasteiger partial charge in [-0.05, 0) is 75.9 Å². The number of morpholine rings is 1. The highest BCUT2D eigenvalue weighted by atomic mass is 16.5. The molecule has 0 aromatic heterocycles. The zero-order valence-electron chi connectivity index (χ0n) is 17.6. The van der Waals surface area contributed by atoms with Crippen molar-refractivity contribution in [3.8, 4) is 0 Å². The number of carbonyl (C=O) groups is 1. The predicted molar refractivity (Wildman–Crippen MR) is 112 cm³/mol. The van der Waals surface area contributed by atoms with Crippen molar-refractivity contribution in [2.75, 3.05) is 32.7 Å². The molecule has 2 heterocycles. The molecular weight excluding hydrogens is 348 g/mol. The van der Waals surface area contributed by atoms with E-state index in [4.69, 9.17) is 4.74 Å². The number of hydrogen-bond acceptors (Lipinski definition) is 3. The third-order valence-electron chi connectivity index (χ3n) is 6.91. The molecule has 1 amide bonds. The van der Waals surface area contributed by atoms with Gasteiger partial charge in [-0.2, -0.15) is 0 Å². The quantitative estimate of drug-likeness (QED) is 0.745. The first-order chi connectivity index (χ1) is 13.6. The number of piperidine rings is 1. The minimum absolute atomic E-state index is 0.158. The van der Waals surface area contributed by atoms with Gasteiger partial charge in [0.15, 0.2) is 0 Å². The van der Waals surface area contributed by atoms with Gasteiger partial charge in [-0.25, -0.2) is 0 Å². The fraction of sp³-hybridized carbons (Fsp3) is 0.708. The fourth-order valence-corrected chi connectivity index (χ4v) is 5.28. The van der Waals surface area contributed by atoms with Crippen LogP contribution in [0.2, 0.25) is 0 Å². The van der Waals surface area contributed by atoms with Crippen LogP contribution < -0.4 is 0 Å². The molecule has 0 unspecified atom stereocenters. The topological polar surface area (TPSA) is 32.8 Å². The Kier molecular flexibility index (Phi) is 6.37. The van der Waals surface area contributed by atoms with Crippen LogP contribution in [0, 0.1) is 11.8 Å². The lowest BCUT2D eigenvalue weighted by molar-refractivity contribution is -0.143. The maximum Gasteiger partial charge on any atom is 0.224 e. The molecule has 4 heteroatoms. The number of carbonyl (C=O) groups excluding carboxylic acids is 1. The molecule has 3 aliphatic rings. The lowest BCUT2D eigenvalue weighted by Gasteiger charge is -2.36. The first-order valence-corrected chi connectivity index (χ1v) is 11.3. The Labute approximate surface area is 170 Å². The van der Waals surface area contributed by atoms with Crippen molar-refractivity contribution in [3.63, 3.8) is 0 Å². The number of amides is 1. The van der Waals surface area contributed by atoms with E-state index >= 15 is 0 Å². The minimum atomic E-state index is 0.158. The highest BCUT2D eigenvalue weighted by Gasteiger charge is 2.39. The molecule has 0 spiro atoms. The number of benzene rings is 1. The molecule has 4 nitrogen and oxygen atoms in total. The molecule has 2 saturated heterocycles. The van der Waals surface area contributed by atoms with Crippen molar-refractivity contribution in [3.05, 3.63) is 35.9 Å². The van der Waals surface area contributed by atoms with Gasteiger partial charge in [0.2, 0.25) is 5.91 Å². The molecule has 0 bridgehead atoms. The lowest BCUT2D eigenvalue weighted by Crippen LogP contribution is -2.49. The maximum atomic E-state index is 12.6. The molecule has 0 radical (unpaired) electrons. The van der Waals surface area contributed by atoms with E-state index in [0.717, 1.165) is 50.5 Å². The molecule has 1 saturated carbocycles. The van der Waals surface area contributed by atoms with Gasteiger partial charge in [0, 0.05) is 26.1 Å². The first kappa shape index (κ1) is 19.9. The molecule has 0 N–H and O–H groups in total. The Hall–Kier alpha value is -1.39. The molecule has 2 aliphatic heterocycles. The summed E-state index contributed by atoms with van der Waals surface area (Å²) < 4.78 is 5.74. The SMILES string of the molecule is C[C@@H]1CN(C(=O)CCN2CCC(C[C@@H]3C[C@H]3c3ccccc3)CC2)C[C@H](C)O1.